The van der Waals surface area contributed by atoms with Crippen molar-refractivity contribution in [3.63, 3.8) is 0 Å². The Bertz CT molecular complexity index is 1500. The summed E-state index contributed by atoms with van der Waals surface area (Å²) in [6.07, 6.45) is 0. The third kappa shape index (κ3) is 3.43. The number of carbonyl (C=O) groups excluding carboxylic acids is 1. The number of pyridine rings is 1. The lowest BCUT2D eigenvalue weighted by Crippen LogP contribution is -2.22. The van der Waals surface area contributed by atoms with Crippen molar-refractivity contribution in [2.24, 2.45) is 7.05 Å². The molecule has 0 bridgehead atoms. The molecule has 0 spiro atoms. The number of nitriles is 1. The number of aromatic nitrogens is 3. The van der Waals surface area contributed by atoms with Crippen LogP contribution in [0.2, 0.25) is 0 Å². The van der Waals surface area contributed by atoms with Crippen LogP contribution in [0.5, 0.6) is 0 Å². The first-order valence-corrected chi connectivity index (χ1v) is 11.1. The highest BCUT2D eigenvalue weighted by atomic mass is 32.1. The minimum Gasteiger partial charge on any atom is -0.397 e. The molecule has 0 saturated heterocycles. The summed E-state index contributed by atoms with van der Waals surface area (Å²) in [5.74, 6) is -0.477. The molecule has 33 heavy (non-hydrogen) atoms. The number of nitrogen functional groups attached to an aromatic ring is 2. The lowest BCUT2D eigenvalue weighted by Gasteiger charge is -2.12. The summed E-state index contributed by atoms with van der Waals surface area (Å²) >= 11 is 1.08. The topological polar surface area (TPSA) is 145 Å². The number of hydrogen-bond acceptors (Lipinski definition) is 7. The van der Waals surface area contributed by atoms with Crippen LogP contribution < -0.4 is 22.3 Å². The van der Waals surface area contributed by atoms with Crippen LogP contribution in [0.4, 0.5) is 17.2 Å². The molecule has 0 aliphatic carbocycles. The van der Waals surface area contributed by atoms with Crippen molar-refractivity contribution in [3.8, 4) is 11.8 Å². The zero-order valence-electron chi connectivity index (χ0n) is 18.6. The maximum Gasteiger partial charge on any atom is 0.295 e. The van der Waals surface area contributed by atoms with E-state index in [-0.39, 0.29) is 39.1 Å². The molecule has 0 atom stereocenters. The fourth-order valence-electron chi connectivity index (χ4n) is 3.94. The van der Waals surface area contributed by atoms with Crippen molar-refractivity contribution in [1.29, 1.82) is 5.26 Å². The molecule has 0 fully saturated rings. The standard InChI is InChI=1S/C23H23N7O2S/c1-11(2)15-14(10-24)20(26)28-22-16(15)17(25)19(33-22)21(31)27-18-12(3)29(4)30(23(18)32)13-8-6-5-7-9-13/h5-9,11H,25H2,1-4H3,(H2,26,28)(H,27,31). The van der Waals surface area contributed by atoms with Gasteiger partial charge in [0, 0.05) is 12.4 Å². The number of nitrogens with two attached hydrogens (primary N) is 2. The van der Waals surface area contributed by atoms with E-state index >= 15 is 0 Å². The monoisotopic (exact) mass is 461 g/mol. The average Bonchev–Trinajstić information content (AvgIpc) is 3.21. The van der Waals surface area contributed by atoms with Crippen molar-refractivity contribution in [1.82, 2.24) is 14.3 Å². The minimum atomic E-state index is -0.520. The van der Waals surface area contributed by atoms with E-state index in [1.165, 1.54) is 4.68 Å². The molecule has 4 rings (SSSR count). The molecule has 5 N–H and O–H groups in total. The van der Waals surface area contributed by atoms with Crippen molar-refractivity contribution in [2.45, 2.75) is 26.7 Å². The quantitative estimate of drug-likeness (QED) is 0.424. The number of nitrogens with one attached hydrogen (secondary N) is 1. The Morgan fingerprint density at radius 1 is 1.24 bits per heavy atom. The summed E-state index contributed by atoms with van der Waals surface area (Å²) < 4.78 is 3.16. The number of amides is 1. The number of carbonyl (C=O) groups is 1. The van der Waals surface area contributed by atoms with Crippen LogP contribution in [0.1, 0.15) is 46.3 Å². The van der Waals surface area contributed by atoms with Crippen molar-refractivity contribution in [3.05, 3.63) is 62.4 Å². The Morgan fingerprint density at radius 3 is 2.52 bits per heavy atom. The zero-order valence-corrected chi connectivity index (χ0v) is 19.4. The summed E-state index contributed by atoms with van der Waals surface area (Å²) in [4.78, 5) is 31.4. The van der Waals surface area contributed by atoms with Gasteiger partial charge in [-0.3, -0.25) is 14.3 Å². The molecule has 0 saturated carbocycles. The number of benzene rings is 1. The molecular formula is C23H23N7O2S. The highest BCUT2D eigenvalue weighted by molar-refractivity contribution is 7.21. The summed E-state index contributed by atoms with van der Waals surface area (Å²) in [6.45, 7) is 5.60. The number of para-hydroxylation sites is 1. The predicted octanol–water partition coefficient (Wildman–Crippen LogP) is 3.51. The second-order valence-corrected chi connectivity index (χ2v) is 8.97. The van der Waals surface area contributed by atoms with E-state index in [0.29, 0.717) is 27.2 Å². The fraction of sp³-hybridized carbons (Fsp3) is 0.217. The number of nitrogens with zero attached hydrogens (tertiary/aromatic N) is 4. The number of fused-ring (bicyclic) bond motifs is 1. The van der Waals surface area contributed by atoms with Crippen LogP contribution in [-0.4, -0.2) is 20.3 Å². The van der Waals surface area contributed by atoms with Gasteiger partial charge in [-0.2, -0.15) is 5.26 Å². The Balaban J connectivity index is 1.82. The molecule has 0 unspecified atom stereocenters. The van der Waals surface area contributed by atoms with Gasteiger partial charge in [0.1, 0.15) is 27.3 Å². The van der Waals surface area contributed by atoms with Gasteiger partial charge >= 0.3 is 0 Å². The lowest BCUT2D eigenvalue weighted by atomic mass is 9.95. The number of thiophene rings is 1. The highest BCUT2D eigenvalue weighted by Crippen LogP contribution is 2.40. The molecule has 1 amide bonds. The number of rotatable bonds is 4. The van der Waals surface area contributed by atoms with Gasteiger partial charge in [-0.25, -0.2) is 9.67 Å². The Hall–Kier alpha value is -4.10. The maximum atomic E-state index is 13.2. The summed E-state index contributed by atoms with van der Waals surface area (Å²) in [7, 11) is 1.75. The van der Waals surface area contributed by atoms with Gasteiger partial charge in [0.2, 0.25) is 0 Å². The highest BCUT2D eigenvalue weighted by Gasteiger charge is 2.26. The molecular weight excluding hydrogens is 438 g/mol. The summed E-state index contributed by atoms with van der Waals surface area (Å²) in [5, 5.41) is 12.9. The third-order valence-corrected chi connectivity index (χ3v) is 6.73. The molecule has 1 aromatic carbocycles. The second kappa shape index (κ2) is 8.11. The molecule has 9 nitrogen and oxygen atoms in total. The van der Waals surface area contributed by atoms with Crippen LogP contribution in [0.25, 0.3) is 15.9 Å². The van der Waals surface area contributed by atoms with Gasteiger partial charge in [-0.05, 0) is 30.5 Å². The second-order valence-electron chi connectivity index (χ2n) is 7.97. The fourth-order valence-corrected chi connectivity index (χ4v) is 4.96. The van der Waals surface area contributed by atoms with Crippen molar-refractivity contribution >= 4 is 44.7 Å². The van der Waals surface area contributed by atoms with Gasteiger partial charge in [0.25, 0.3) is 11.5 Å². The zero-order chi connectivity index (χ0) is 24.0. The van der Waals surface area contributed by atoms with Crippen LogP contribution in [0.15, 0.2) is 35.1 Å². The van der Waals surface area contributed by atoms with Gasteiger partial charge in [-0.15, -0.1) is 11.3 Å². The molecule has 0 aliphatic rings. The Labute approximate surface area is 193 Å². The van der Waals surface area contributed by atoms with E-state index in [0.717, 1.165) is 11.3 Å². The summed E-state index contributed by atoms with van der Waals surface area (Å²) in [5.41, 5.74) is 14.6. The molecule has 3 aromatic heterocycles. The average molecular weight is 462 g/mol. The molecule has 0 radical (unpaired) electrons. The van der Waals surface area contributed by atoms with Crippen molar-refractivity contribution in [2.75, 3.05) is 16.8 Å². The normalized spacial score (nSPS) is 11.2. The van der Waals surface area contributed by atoms with E-state index in [4.69, 9.17) is 11.5 Å². The third-order valence-electron chi connectivity index (χ3n) is 5.63. The van der Waals surface area contributed by atoms with Gasteiger partial charge < -0.3 is 16.8 Å². The minimum absolute atomic E-state index is 0.0605. The number of anilines is 3. The number of hydrogen-bond donors (Lipinski definition) is 3. The molecule has 0 aliphatic heterocycles. The van der Waals surface area contributed by atoms with Crippen LogP contribution >= 0.6 is 11.3 Å². The van der Waals surface area contributed by atoms with Crippen LogP contribution in [0, 0.1) is 18.3 Å². The first kappa shape index (κ1) is 22.1. The smallest absolute Gasteiger partial charge is 0.295 e. The lowest BCUT2D eigenvalue weighted by molar-refractivity contribution is 0.103. The van der Waals surface area contributed by atoms with Gasteiger partial charge in [0.15, 0.2) is 0 Å². The van der Waals surface area contributed by atoms with Crippen LogP contribution in [-0.2, 0) is 7.05 Å². The molecule has 10 heteroatoms. The van der Waals surface area contributed by atoms with Gasteiger partial charge in [0.05, 0.1) is 22.6 Å². The van der Waals surface area contributed by atoms with E-state index in [2.05, 4.69) is 16.4 Å². The largest absolute Gasteiger partial charge is 0.397 e. The molecule has 3 heterocycles. The van der Waals surface area contributed by atoms with E-state index in [9.17, 15) is 14.9 Å². The molecule has 4 aromatic rings. The first-order chi connectivity index (χ1) is 15.7. The van der Waals surface area contributed by atoms with Crippen molar-refractivity contribution < 1.29 is 4.79 Å². The maximum absolute atomic E-state index is 13.2. The molecule has 168 valence electrons. The van der Waals surface area contributed by atoms with E-state index in [1.54, 1.807) is 18.7 Å². The van der Waals surface area contributed by atoms with E-state index < -0.39 is 5.91 Å². The Kier molecular flexibility index (Phi) is 5.43. The van der Waals surface area contributed by atoms with Crippen LogP contribution in [0.3, 0.4) is 0 Å². The predicted molar refractivity (Wildman–Crippen MR) is 131 cm³/mol. The summed E-state index contributed by atoms with van der Waals surface area (Å²) in [6, 6.07) is 11.3. The van der Waals surface area contributed by atoms with Gasteiger partial charge in [-0.1, -0.05) is 32.0 Å². The first-order valence-electron chi connectivity index (χ1n) is 10.2. The Morgan fingerprint density at radius 2 is 1.91 bits per heavy atom. The van der Waals surface area contributed by atoms with E-state index in [1.807, 2.05) is 44.2 Å². The SMILES string of the molecule is Cc1c(NC(=O)c2sc3nc(N)c(C#N)c(C(C)C)c3c2N)c(=O)n(-c2ccccc2)n1C.